The fourth-order valence-electron chi connectivity index (χ4n) is 2.51. The van der Waals surface area contributed by atoms with E-state index >= 15 is 0 Å². The van der Waals surface area contributed by atoms with Gasteiger partial charge in [-0.15, -0.1) is 0 Å². The van der Waals surface area contributed by atoms with Gasteiger partial charge in [-0.1, -0.05) is 6.07 Å². The lowest BCUT2D eigenvalue weighted by Crippen LogP contribution is -2.15. The minimum Gasteiger partial charge on any atom is -0.493 e. The summed E-state index contributed by atoms with van der Waals surface area (Å²) in [6.45, 7) is -0.209. The van der Waals surface area contributed by atoms with Crippen molar-refractivity contribution in [2.45, 2.75) is 6.42 Å². The smallest absolute Gasteiger partial charge is 0.310 e. The van der Waals surface area contributed by atoms with Gasteiger partial charge in [0, 0.05) is 5.56 Å². The molecule has 1 heterocycles. The van der Waals surface area contributed by atoms with Crippen molar-refractivity contribution in [2.75, 3.05) is 27.6 Å². The molecule has 0 fully saturated rings. The van der Waals surface area contributed by atoms with E-state index in [1.165, 1.54) is 14.2 Å². The summed E-state index contributed by atoms with van der Waals surface area (Å²) in [5, 5.41) is 0. The van der Waals surface area contributed by atoms with Crippen LogP contribution in [-0.4, -0.2) is 39.4 Å². The van der Waals surface area contributed by atoms with E-state index in [0.29, 0.717) is 34.1 Å². The zero-order valence-corrected chi connectivity index (χ0v) is 14.4. The monoisotopic (exact) mass is 358 g/mol. The highest BCUT2D eigenvalue weighted by Crippen LogP contribution is 2.32. The average molecular weight is 358 g/mol. The van der Waals surface area contributed by atoms with E-state index in [-0.39, 0.29) is 25.6 Å². The third-order valence-electron chi connectivity index (χ3n) is 3.86. The van der Waals surface area contributed by atoms with Crippen LogP contribution < -0.4 is 18.9 Å². The predicted octanol–water partition coefficient (Wildman–Crippen LogP) is 2.40. The lowest BCUT2D eigenvalue weighted by Gasteiger charge is -2.09. The van der Waals surface area contributed by atoms with Crippen molar-refractivity contribution in [2.24, 2.45) is 0 Å². The van der Waals surface area contributed by atoms with E-state index in [1.54, 1.807) is 36.4 Å². The fourth-order valence-corrected chi connectivity index (χ4v) is 2.51. The Morgan fingerprint density at radius 1 is 0.962 bits per heavy atom. The Bertz CT molecular complexity index is 829. The largest absolute Gasteiger partial charge is 0.493 e. The van der Waals surface area contributed by atoms with Gasteiger partial charge < -0.3 is 23.7 Å². The van der Waals surface area contributed by atoms with Gasteiger partial charge in [-0.2, -0.15) is 0 Å². The van der Waals surface area contributed by atoms with Crippen molar-refractivity contribution in [1.29, 1.82) is 0 Å². The van der Waals surface area contributed by atoms with E-state index in [1.807, 2.05) is 0 Å². The van der Waals surface area contributed by atoms with Crippen LogP contribution in [0.2, 0.25) is 0 Å². The van der Waals surface area contributed by atoms with Crippen molar-refractivity contribution in [1.82, 2.24) is 0 Å². The number of esters is 1. The number of benzene rings is 2. The van der Waals surface area contributed by atoms with Gasteiger partial charge in [-0.05, 0) is 35.9 Å². The average Bonchev–Trinajstić information content (AvgIpc) is 3.13. The summed E-state index contributed by atoms with van der Waals surface area (Å²) in [5.74, 6) is 1.37. The summed E-state index contributed by atoms with van der Waals surface area (Å²) in [5.41, 5.74) is 1.09. The van der Waals surface area contributed by atoms with Crippen LogP contribution in [0, 0.1) is 0 Å². The highest BCUT2D eigenvalue weighted by Gasteiger charge is 2.17. The standard InChI is InChI=1S/C19H18O7/c1-22-15-5-3-12(7-17(15)23-2)8-19(21)24-10-14(20)13-4-6-16-18(9-13)26-11-25-16/h3-7,9H,8,10-11H2,1-2H3. The Hall–Kier alpha value is -3.22. The molecule has 0 atom stereocenters. The van der Waals surface area contributed by atoms with Crippen LogP contribution in [-0.2, 0) is 16.0 Å². The highest BCUT2D eigenvalue weighted by molar-refractivity contribution is 5.98. The van der Waals surface area contributed by atoms with E-state index in [4.69, 9.17) is 23.7 Å². The lowest BCUT2D eigenvalue weighted by atomic mass is 10.1. The summed E-state index contributed by atoms with van der Waals surface area (Å²) in [6.07, 6.45) is 0.0226. The number of ketones is 1. The fraction of sp³-hybridized carbons (Fsp3) is 0.263. The molecule has 0 unspecified atom stereocenters. The molecule has 0 spiro atoms. The quantitative estimate of drug-likeness (QED) is 0.555. The number of hydrogen-bond donors (Lipinski definition) is 0. The molecule has 0 bridgehead atoms. The molecule has 7 nitrogen and oxygen atoms in total. The molecule has 26 heavy (non-hydrogen) atoms. The van der Waals surface area contributed by atoms with E-state index in [9.17, 15) is 9.59 Å². The van der Waals surface area contributed by atoms with Crippen LogP contribution in [0.5, 0.6) is 23.0 Å². The third-order valence-corrected chi connectivity index (χ3v) is 3.86. The van der Waals surface area contributed by atoms with Gasteiger partial charge in [0.05, 0.1) is 20.6 Å². The topological polar surface area (TPSA) is 80.3 Å². The minimum atomic E-state index is -0.508. The second-order valence-electron chi connectivity index (χ2n) is 5.52. The van der Waals surface area contributed by atoms with Crippen LogP contribution in [0.4, 0.5) is 0 Å². The molecule has 0 N–H and O–H groups in total. The van der Waals surface area contributed by atoms with Crippen molar-refractivity contribution in [3.63, 3.8) is 0 Å². The number of methoxy groups -OCH3 is 2. The van der Waals surface area contributed by atoms with Gasteiger partial charge in [0.1, 0.15) is 0 Å². The molecule has 0 saturated heterocycles. The number of ether oxygens (including phenoxy) is 5. The molecule has 1 aliphatic rings. The molecule has 0 aliphatic carbocycles. The molecule has 0 radical (unpaired) electrons. The zero-order valence-electron chi connectivity index (χ0n) is 14.4. The lowest BCUT2D eigenvalue weighted by molar-refractivity contribution is -0.141. The van der Waals surface area contributed by atoms with Gasteiger partial charge in [-0.3, -0.25) is 9.59 Å². The normalized spacial score (nSPS) is 11.8. The second-order valence-corrected chi connectivity index (χ2v) is 5.52. The van der Waals surface area contributed by atoms with E-state index in [2.05, 4.69) is 0 Å². The van der Waals surface area contributed by atoms with Gasteiger partial charge in [-0.25, -0.2) is 0 Å². The number of hydrogen-bond acceptors (Lipinski definition) is 7. The maximum atomic E-state index is 12.2. The summed E-state index contributed by atoms with van der Waals surface area (Å²) in [4.78, 5) is 24.2. The van der Waals surface area contributed by atoms with Crippen molar-refractivity contribution >= 4 is 11.8 Å². The molecule has 3 rings (SSSR count). The summed E-state index contributed by atoms with van der Waals surface area (Å²) < 4.78 is 25.9. The number of carbonyl (C=O) groups excluding carboxylic acids is 2. The maximum Gasteiger partial charge on any atom is 0.310 e. The first kappa shape index (κ1) is 17.6. The zero-order chi connectivity index (χ0) is 18.5. The molecule has 7 heteroatoms. The maximum absolute atomic E-state index is 12.2. The van der Waals surface area contributed by atoms with Gasteiger partial charge in [0.25, 0.3) is 0 Å². The van der Waals surface area contributed by atoms with Crippen LogP contribution in [0.3, 0.4) is 0 Å². The van der Waals surface area contributed by atoms with Crippen molar-refractivity contribution in [3.05, 3.63) is 47.5 Å². The third kappa shape index (κ3) is 3.88. The van der Waals surface area contributed by atoms with E-state index < -0.39 is 5.97 Å². The first-order chi connectivity index (χ1) is 12.6. The molecular weight excluding hydrogens is 340 g/mol. The highest BCUT2D eigenvalue weighted by atomic mass is 16.7. The Morgan fingerprint density at radius 2 is 1.73 bits per heavy atom. The molecule has 0 aromatic heterocycles. The van der Waals surface area contributed by atoms with Crippen LogP contribution in [0.1, 0.15) is 15.9 Å². The first-order valence-corrected chi connectivity index (χ1v) is 7.90. The molecule has 1 aliphatic heterocycles. The van der Waals surface area contributed by atoms with Gasteiger partial charge in [0.15, 0.2) is 35.4 Å². The Kier molecular flexibility index (Phi) is 5.26. The molecule has 0 amide bonds. The number of Topliss-reactive ketones (excluding diaryl/α,β-unsaturated/α-hetero) is 1. The predicted molar refractivity (Wildman–Crippen MR) is 91.1 cm³/mol. The second kappa shape index (κ2) is 7.77. The summed E-state index contributed by atoms with van der Waals surface area (Å²) in [6, 6.07) is 9.98. The molecule has 2 aromatic carbocycles. The molecule has 0 saturated carbocycles. The number of carbonyl (C=O) groups is 2. The number of fused-ring (bicyclic) bond motifs is 1. The van der Waals surface area contributed by atoms with E-state index in [0.717, 1.165) is 0 Å². The number of rotatable bonds is 7. The summed E-state index contributed by atoms with van der Waals surface area (Å²) >= 11 is 0. The Labute approximate surface area is 150 Å². The SMILES string of the molecule is COc1ccc(CC(=O)OCC(=O)c2ccc3c(c2)OCO3)cc1OC. The van der Waals surface area contributed by atoms with Crippen molar-refractivity contribution < 1.29 is 33.3 Å². The summed E-state index contributed by atoms with van der Waals surface area (Å²) in [7, 11) is 3.05. The minimum absolute atomic E-state index is 0.0226. The van der Waals surface area contributed by atoms with Crippen LogP contribution >= 0.6 is 0 Å². The van der Waals surface area contributed by atoms with Gasteiger partial charge in [0.2, 0.25) is 6.79 Å². The molecule has 136 valence electrons. The molecular formula is C19H18O7. The van der Waals surface area contributed by atoms with Crippen LogP contribution in [0.15, 0.2) is 36.4 Å². The Balaban J connectivity index is 1.56. The van der Waals surface area contributed by atoms with Crippen molar-refractivity contribution in [3.8, 4) is 23.0 Å². The van der Waals surface area contributed by atoms with Crippen LogP contribution in [0.25, 0.3) is 0 Å². The Morgan fingerprint density at radius 3 is 2.50 bits per heavy atom. The first-order valence-electron chi connectivity index (χ1n) is 7.90. The molecule has 2 aromatic rings. The van der Waals surface area contributed by atoms with Gasteiger partial charge >= 0.3 is 5.97 Å².